The molecular weight excluding hydrogens is 248 g/mol. The quantitative estimate of drug-likeness (QED) is 0.794. The molecule has 18 heavy (non-hydrogen) atoms. The summed E-state index contributed by atoms with van der Waals surface area (Å²) in [7, 11) is -3.01. The maximum absolute atomic E-state index is 12.1. The number of hydrogen-bond donors (Lipinski definition) is 0. The van der Waals surface area contributed by atoms with Crippen molar-refractivity contribution in [2.75, 3.05) is 5.75 Å². The Hall–Kier alpha value is -1.36. The molecule has 1 saturated heterocycles. The topological polar surface area (TPSA) is 51.4 Å². The molecule has 3 heterocycles. The molecule has 0 N–H and O–H groups in total. The van der Waals surface area contributed by atoms with Crippen molar-refractivity contribution in [1.82, 2.24) is 9.38 Å². The summed E-state index contributed by atoms with van der Waals surface area (Å²) in [6.07, 6.45) is 6.28. The minimum atomic E-state index is -3.01. The number of aromatic nitrogens is 2. The Morgan fingerprint density at radius 2 is 2.11 bits per heavy atom. The molecule has 2 aromatic rings. The molecule has 1 aliphatic rings. The van der Waals surface area contributed by atoms with Crippen molar-refractivity contribution in [3.8, 4) is 0 Å². The van der Waals surface area contributed by atoms with Crippen LogP contribution in [0.25, 0.3) is 5.65 Å². The van der Waals surface area contributed by atoms with Gasteiger partial charge in [-0.15, -0.1) is 0 Å². The zero-order valence-corrected chi connectivity index (χ0v) is 11.2. The van der Waals surface area contributed by atoms with Crippen LogP contribution in [0.1, 0.15) is 35.8 Å². The van der Waals surface area contributed by atoms with E-state index in [0.717, 1.165) is 24.1 Å². The minimum Gasteiger partial charge on any atom is -0.307 e. The summed E-state index contributed by atoms with van der Waals surface area (Å²) in [5.74, 6) is 0.296. The Bertz CT molecular complexity index is 688. The van der Waals surface area contributed by atoms with Crippen molar-refractivity contribution < 1.29 is 8.42 Å². The fourth-order valence-electron chi connectivity index (χ4n) is 2.56. The van der Waals surface area contributed by atoms with E-state index in [1.165, 1.54) is 0 Å². The Balaban J connectivity index is 2.08. The average molecular weight is 264 g/mol. The zero-order chi connectivity index (χ0) is 12.8. The average Bonchev–Trinajstić information content (AvgIpc) is 2.70. The molecule has 96 valence electrons. The van der Waals surface area contributed by atoms with Crippen LogP contribution in [0.2, 0.25) is 0 Å². The molecule has 5 heteroatoms. The molecule has 0 radical (unpaired) electrons. The predicted octanol–water partition coefficient (Wildman–Crippen LogP) is 2.28. The smallest absolute Gasteiger partial charge is 0.158 e. The number of aryl methyl sites for hydroxylation is 1. The molecule has 0 amide bonds. The first kappa shape index (κ1) is 11.7. The first-order chi connectivity index (χ1) is 8.56. The van der Waals surface area contributed by atoms with E-state index in [-0.39, 0.29) is 0 Å². The van der Waals surface area contributed by atoms with Gasteiger partial charge in [-0.3, -0.25) is 0 Å². The van der Waals surface area contributed by atoms with E-state index in [4.69, 9.17) is 0 Å². The highest BCUT2D eigenvalue weighted by Crippen LogP contribution is 2.32. The number of rotatable bonds is 1. The van der Waals surface area contributed by atoms with E-state index in [1.807, 2.05) is 35.9 Å². The van der Waals surface area contributed by atoms with Crippen molar-refractivity contribution in [2.24, 2.45) is 0 Å². The van der Waals surface area contributed by atoms with Gasteiger partial charge in [0.15, 0.2) is 9.84 Å². The summed E-state index contributed by atoms with van der Waals surface area (Å²) in [5, 5.41) is -0.411. The maximum atomic E-state index is 12.1. The molecule has 0 bridgehead atoms. The molecule has 2 aromatic heterocycles. The standard InChI is InChI=1S/C13H16N2O2S/c1-10-5-6-13-14-11(9-15(13)8-10)12-4-2-3-7-18(12,16)17/h5-6,8-9,12H,2-4,7H2,1H3. The fraction of sp³-hybridized carbons (Fsp3) is 0.462. The summed E-state index contributed by atoms with van der Waals surface area (Å²) in [5.41, 5.74) is 2.65. The molecule has 1 unspecified atom stereocenters. The summed E-state index contributed by atoms with van der Waals surface area (Å²) in [4.78, 5) is 4.46. The van der Waals surface area contributed by atoms with E-state index in [0.29, 0.717) is 17.9 Å². The molecule has 0 saturated carbocycles. The summed E-state index contributed by atoms with van der Waals surface area (Å²) >= 11 is 0. The van der Waals surface area contributed by atoms with Gasteiger partial charge in [0.25, 0.3) is 0 Å². The van der Waals surface area contributed by atoms with E-state index >= 15 is 0 Å². The van der Waals surface area contributed by atoms with Gasteiger partial charge in [0.05, 0.1) is 11.4 Å². The highest BCUT2D eigenvalue weighted by Gasteiger charge is 2.32. The lowest BCUT2D eigenvalue weighted by molar-refractivity contribution is 0.543. The van der Waals surface area contributed by atoms with Crippen LogP contribution < -0.4 is 0 Å². The Labute approximate surface area is 107 Å². The van der Waals surface area contributed by atoms with Gasteiger partial charge < -0.3 is 4.40 Å². The number of pyridine rings is 1. The largest absolute Gasteiger partial charge is 0.307 e. The van der Waals surface area contributed by atoms with E-state index in [9.17, 15) is 8.42 Å². The lowest BCUT2D eigenvalue weighted by atomic mass is 10.1. The van der Waals surface area contributed by atoms with Gasteiger partial charge >= 0.3 is 0 Å². The molecule has 4 nitrogen and oxygen atoms in total. The highest BCUT2D eigenvalue weighted by molar-refractivity contribution is 7.91. The van der Waals surface area contributed by atoms with Gasteiger partial charge in [-0.1, -0.05) is 12.5 Å². The third-order valence-electron chi connectivity index (χ3n) is 3.53. The Morgan fingerprint density at radius 3 is 2.89 bits per heavy atom. The molecule has 0 spiro atoms. The van der Waals surface area contributed by atoms with Crippen LogP contribution in [0.15, 0.2) is 24.5 Å². The number of nitrogens with zero attached hydrogens (tertiary/aromatic N) is 2. The van der Waals surface area contributed by atoms with Crippen molar-refractivity contribution >= 4 is 15.5 Å². The van der Waals surface area contributed by atoms with E-state index in [2.05, 4.69) is 4.98 Å². The van der Waals surface area contributed by atoms with Gasteiger partial charge in [0.2, 0.25) is 0 Å². The van der Waals surface area contributed by atoms with Crippen LogP contribution in [-0.4, -0.2) is 23.6 Å². The lowest BCUT2D eigenvalue weighted by Gasteiger charge is -2.20. The van der Waals surface area contributed by atoms with Crippen LogP contribution in [0, 0.1) is 6.92 Å². The molecule has 1 aliphatic heterocycles. The normalized spacial score (nSPS) is 23.3. The SMILES string of the molecule is Cc1ccc2nc(C3CCCCS3(=O)=O)cn2c1. The molecule has 0 aliphatic carbocycles. The summed E-state index contributed by atoms with van der Waals surface area (Å²) in [6, 6.07) is 3.91. The van der Waals surface area contributed by atoms with Gasteiger partial charge in [-0.2, -0.15) is 0 Å². The number of hydrogen-bond acceptors (Lipinski definition) is 3. The van der Waals surface area contributed by atoms with Gasteiger partial charge in [-0.05, 0) is 31.4 Å². The fourth-order valence-corrected chi connectivity index (χ4v) is 4.46. The van der Waals surface area contributed by atoms with Crippen molar-refractivity contribution in [3.05, 3.63) is 35.8 Å². The summed E-state index contributed by atoms with van der Waals surface area (Å²) < 4.78 is 26.1. The minimum absolute atomic E-state index is 0.296. The number of imidazole rings is 1. The van der Waals surface area contributed by atoms with Gasteiger partial charge in [0.1, 0.15) is 10.9 Å². The van der Waals surface area contributed by atoms with E-state index < -0.39 is 15.1 Å². The summed E-state index contributed by atoms with van der Waals surface area (Å²) in [6.45, 7) is 2.01. The molecule has 0 aromatic carbocycles. The predicted molar refractivity (Wildman–Crippen MR) is 70.3 cm³/mol. The third kappa shape index (κ3) is 1.92. The zero-order valence-electron chi connectivity index (χ0n) is 10.3. The lowest BCUT2D eigenvalue weighted by Crippen LogP contribution is -2.21. The Kier molecular flexibility index (Phi) is 2.66. The monoisotopic (exact) mass is 264 g/mol. The number of fused-ring (bicyclic) bond motifs is 1. The van der Waals surface area contributed by atoms with Crippen LogP contribution in [0.5, 0.6) is 0 Å². The molecular formula is C13H16N2O2S. The third-order valence-corrected chi connectivity index (χ3v) is 5.73. The van der Waals surface area contributed by atoms with Gasteiger partial charge in [0, 0.05) is 12.4 Å². The van der Waals surface area contributed by atoms with Crippen LogP contribution >= 0.6 is 0 Å². The first-order valence-corrected chi connectivity index (χ1v) is 7.95. The van der Waals surface area contributed by atoms with Gasteiger partial charge in [-0.25, -0.2) is 13.4 Å². The van der Waals surface area contributed by atoms with E-state index in [1.54, 1.807) is 0 Å². The van der Waals surface area contributed by atoms with Crippen LogP contribution in [-0.2, 0) is 9.84 Å². The van der Waals surface area contributed by atoms with Crippen molar-refractivity contribution in [2.45, 2.75) is 31.4 Å². The second kappa shape index (κ2) is 4.09. The van der Waals surface area contributed by atoms with Crippen molar-refractivity contribution in [3.63, 3.8) is 0 Å². The number of sulfone groups is 1. The van der Waals surface area contributed by atoms with Crippen LogP contribution in [0.3, 0.4) is 0 Å². The second-order valence-electron chi connectivity index (χ2n) is 4.99. The maximum Gasteiger partial charge on any atom is 0.158 e. The molecule has 1 fully saturated rings. The second-order valence-corrected chi connectivity index (χ2v) is 7.29. The molecule has 3 rings (SSSR count). The van der Waals surface area contributed by atoms with Crippen LogP contribution in [0.4, 0.5) is 0 Å². The Morgan fingerprint density at radius 1 is 1.28 bits per heavy atom. The van der Waals surface area contributed by atoms with Crippen molar-refractivity contribution in [1.29, 1.82) is 0 Å². The molecule has 1 atom stereocenters. The first-order valence-electron chi connectivity index (χ1n) is 6.23. The highest BCUT2D eigenvalue weighted by atomic mass is 32.2.